The molecule has 0 aromatic rings. The molecule has 0 aliphatic carbocycles. The van der Waals surface area contributed by atoms with Crippen LogP contribution in [0.25, 0.3) is 0 Å². The normalized spacial score (nSPS) is 13.8. The van der Waals surface area contributed by atoms with Gasteiger partial charge in [0.05, 0.1) is 12.5 Å². The molecule has 0 N–H and O–H groups in total. The van der Waals surface area contributed by atoms with Gasteiger partial charge in [0.15, 0.2) is 0 Å². The molecular formula is C9H16ClNO2. The standard InChI is InChI=1S/C9H16ClNO2/c1-7(10)8(13-4)5-6-9(12)11(2)3/h5,7H,6H2,1-4H3. The van der Waals surface area contributed by atoms with Crippen molar-refractivity contribution in [2.45, 2.75) is 18.7 Å². The Balaban J connectivity index is 4.15. The van der Waals surface area contributed by atoms with E-state index in [0.717, 1.165) is 0 Å². The Morgan fingerprint density at radius 1 is 1.62 bits per heavy atom. The summed E-state index contributed by atoms with van der Waals surface area (Å²) in [4.78, 5) is 12.7. The quantitative estimate of drug-likeness (QED) is 0.516. The molecule has 0 saturated heterocycles. The fraction of sp³-hybridized carbons (Fsp3) is 0.667. The Morgan fingerprint density at radius 2 is 2.15 bits per heavy atom. The van der Waals surface area contributed by atoms with Gasteiger partial charge in [0.2, 0.25) is 5.91 Å². The van der Waals surface area contributed by atoms with E-state index in [4.69, 9.17) is 16.3 Å². The van der Waals surface area contributed by atoms with E-state index in [1.54, 1.807) is 34.2 Å². The van der Waals surface area contributed by atoms with Crippen LogP contribution < -0.4 is 0 Å². The van der Waals surface area contributed by atoms with Crippen molar-refractivity contribution in [2.75, 3.05) is 21.2 Å². The predicted molar refractivity (Wildman–Crippen MR) is 53.7 cm³/mol. The Hall–Kier alpha value is -0.700. The minimum Gasteiger partial charge on any atom is -0.500 e. The first-order chi connectivity index (χ1) is 5.99. The number of amides is 1. The molecule has 0 radical (unpaired) electrons. The summed E-state index contributed by atoms with van der Waals surface area (Å²) in [7, 11) is 4.98. The van der Waals surface area contributed by atoms with Crippen molar-refractivity contribution in [1.82, 2.24) is 4.90 Å². The highest BCUT2D eigenvalue weighted by Crippen LogP contribution is 2.10. The summed E-state index contributed by atoms with van der Waals surface area (Å²) in [5.41, 5.74) is 0. The predicted octanol–water partition coefficient (Wildman–Crippen LogP) is 1.62. The second-order valence-corrected chi connectivity index (χ2v) is 3.57. The smallest absolute Gasteiger partial charge is 0.225 e. The highest BCUT2D eigenvalue weighted by molar-refractivity contribution is 6.21. The maximum Gasteiger partial charge on any atom is 0.225 e. The highest BCUT2D eigenvalue weighted by Gasteiger charge is 2.07. The summed E-state index contributed by atoms with van der Waals surface area (Å²) in [6.07, 6.45) is 2.03. The van der Waals surface area contributed by atoms with E-state index in [0.29, 0.717) is 12.2 Å². The van der Waals surface area contributed by atoms with Crippen LogP contribution in [0.4, 0.5) is 0 Å². The molecule has 0 spiro atoms. The van der Waals surface area contributed by atoms with Gasteiger partial charge in [-0.05, 0) is 13.0 Å². The van der Waals surface area contributed by atoms with E-state index in [1.165, 1.54) is 4.90 Å². The van der Waals surface area contributed by atoms with Crippen LogP contribution in [0.1, 0.15) is 13.3 Å². The lowest BCUT2D eigenvalue weighted by Crippen LogP contribution is -2.20. The lowest BCUT2D eigenvalue weighted by Gasteiger charge is -2.10. The Labute approximate surface area is 84.3 Å². The molecule has 0 aliphatic heterocycles. The number of allylic oxidation sites excluding steroid dienone is 1. The minimum atomic E-state index is -0.194. The maximum atomic E-state index is 11.2. The number of hydrogen-bond donors (Lipinski definition) is 0. The monoisotopic (exact) mass is 205 g/mol. The van der Waals surface area contributed by atoms with E-state index < -0.39 is 0 Å². The number of carbonyl (C=O) groups excluding carboxylic acids is 1. The lowest BCUT2D eigenvalue weighted by molar-refractivity contribution is -0.127. The van der Waals surface area contributed by atoms with Gasteiger partial charge < -0.3 is 9.64 Å². The third kappa shape index (κ3) is 4.78. The second kappa shape index (κ2) is 5.86. The molecule has 1 unspecified atom stereocenters. The van der Waals surface area contributed by atoms with Crippen LogP contribution in [-0.2, 0) is 9.53 Å². The first-order valence-corrected chi connectivity index (χ1v) is 4.51. The summed E-state index contributed by atoms with van der Waals surface area (Å²) >= 11 is 5.79. The van der Waals surface area contributed by atoms with Crippen molar-refractivity contribution in [3.63, 3.8) is 0 Å². The van der Waals surface area contributed by atoms with Crippen molar-refractivity contribution >= 4 is 17.5 Å². The SMILES string of the molecule is COC(=CCC(=O)N(C)C)C(C)Cl. The highest BCUT2D eigenvalue weighted by atomic mass is 35.5. The summed E-state index contributed by atoms with van der Waals surface area (Å²) in [5.74, 6) is 0.670. The lowest BCUT2D eigenvalue weighted by atomic mass is 10.3. The van der Waals surface area contributed by atoms with Crippen molar-refractivity contribution < 1.29 is 9.53 Å². The average molecular weight is 206 g/mol. The molecule has 0 heterocycles. The van der Waals surface area contributed by atoms with Crippen LogP contribution in [0, 0.1) is 0 Å². The van der Waals surface area contributed by atoms with Crippen LogP contribution in [0.5, 0.6) is 0 Å². The van der Waals surface area contributed by atoms with E-state index in [1.807, 2.05) is 0 Å². The van der Waals surface area contributed by atoms with Gasteiger partial charge in [0.25, 0.3) is 0 Å². The molecule has 0 bridgehead atoms. The van der Waals surface area contributed by atoms with Crippen LogP contribution in [0.15, 0.2) is 11.8 Å². The number of ether oxygens (including phenoxy) is 1. The Morgan fingerprint density at radius 3 is 2.46 bits per heavy atom. The fourth-order valence-electron chi connectivity index (χ4n) is 0.779. The molecule has 0 aromatic heterocycles. The number of halogens is 1. The van der Waals surface area contributed by atoms with Crippen LogP contribution in [0.3, 0.4) is 0 Å². The number of hydrogen-bond acceptors (Lipinski definition) is 2. The number of methoxy groups -OCH3 is 1. The number of carbonyl (C=O) groups is 1. The van der Waals surface area contributed by atoms with Crippen molar-refractivity contribution in [2.24, 2.45) is 0 Å². The molecule has 0 rings (SSSR count). The third-order valence-electron chi connectivity index (χ3n) is 1.60. The van der Waals surface area contributed by atoms with E-state index >= 15 is 0 Å². The van der Waals surface area contributed by atoms with Gasteiger partial charge in [-0.1, -0.05) is 0 Å². The number of alkyl halides is 1. The third-order valence-corrected chi connectivity index (χ3v) is 1.82. The van der Waals surface area contributed by atoms with Gasteiger partial charge in [0, 0.05) is 20.5 Å². The summed E-state index contributed by atoms with van der Waals surface area (Å²) in [6, 6.07) is 0. The number of nitrogens with zero attached hydrogens (tertiary/aromatic N) is 1. The topological polar surface area (TPSA) is 29.5 Å². The zero-order chi connectivity index (χ0) is 10.4. The largest absolute Gasteiger partial charge is 0.500 e. The second-order valence-electron chi connectivity index (χ2n) is 2.92. The van der Waals surface area contributed by atoms with Gasteiger partial charge in [-0.2, -0.15) is 0 Å². The summed E-state index contributed by atoms with van der Waals surface area (Å²) in [5, 5.41) is -0.194. The van der Waals surface area contributed by atoms with E-state index in [9.17, 15) is 4.79 Å². The van der Waals surface area contributed by atoms with Crippen LogP contribution in [-0.4, -0.2) is 37.4 Å². The first kappa shape index (κ1) is 12.3. The van der Waals surface area contributed by atoms with Crippen molar-refractivity contribution in [3.8, 4) is 0 Å². The zero-order valence-electron chi connectivity index (χ0n) is 8.50. The Kier molecular flexibility index (Phi) is 5.55. The fourth-order valence-corrected chi connectivity index (χ4v) is 0.957. The molecule has 0 fully saturated rings. The first-order valence-electron chi connectivity index (χ1n) is 4.07. The average Bonchev–Trinajstić information content (AvgIpc) is 2.04. The molecule has 13 heavy (non-hydrogen) atoms. The molecule has 4 heteroatoms. The molecule has 1 atom stereocenters. The van der Waals surface area contributed by atoms with Crippen molar-refractivity contribution in [3.05, 3.63) is 11.8 Å². The zero-order valence-corrected chi connectivity index (χ0v) is 9.26. The van der Waals surface area contributed by atoms with Gasteiger partial charge in [-0.25, -0.2) is 0 Å². The maximum absolute atomic E-state index is 11.2. The molecular weight excluding hydrogens is 190 g/mol. The van der Waals surface area contributed by atoms with Crippen LogP contribution >= 0.6 is 11.6 Å². The van der Waals surface area contributed by atoms with Gasteiger partial charge >= 0.3 is 0 Å². The van der Waals surface area contributed by atoms with Gasteiger partial charge in [-0.3, -0.25) is 4.79 Å². The number of rotatable bonds is 4. The van der Waals surface area contributed by atoms with E-state index in [2.05, 4.69) is 0 Å². The van der Waals surface area contributed by atoms with Crippen LogP contribution in [0.2, 0.25) is 0 Å². The summed E-state index contributed by atoms with van der Waals surface area (Å²) < 4.78 is 5.00. The van der Waals surface area contributed by atoms with Gasteiger partial charge in [-0.15, -0.1) is 11.6 Å². The molecule has 0 saturated carbocycles. The van der Waals surface area contributed by atoms with Gasteiger partial charge in [0.1, 0.15) is 5.76 Å². The van der Waals surface area contributed by atoms with E-state index in [-0.39, 0.29) is 11.3 Å². The molecule has 0 aliphatic rings. The van der Waals surface area contributed by atoms with Crippen molar-refractivity contribution in [1.29, 1.82) is 0 Å². The molecule has 0 aromatic carbocycles. The molecule has 1 amide bonds. The minimum absolute atomic E-state index is 0.0341. The Bertz CT molecular complexity index is 200. The molecule has 3 nitrogen and oxygen atoms in total. The summed E-state index contributed by atoms with van der Waals surface area (Å²) in [6.45, 7) is 1.80. The molecule has 76 valence electrons.